The molecule has 1 aromatic heterocycles. The Hall–Kier alpha value is -5.63. The predicted octanol–water partition coefficient (Wildman–Crippen LogP) is 7.87. The number of rotatable bonds is 13. The minimum atomic E-state index is -4.72. The van der Waals surface area contributed by atoms with Crippen LogP contribution in [0.2, 0.25) is 0 Å². The summed E-state index contributed by atoms with van der Waals surface area (Å²) < 4.78 is 144. The maximum Gasteiger partial charge on any atom is 0.416 e. The van der Waals surface area contributed by atoms with Gasteiger partial charge >= 0.3 is 24.5 Å². The van der Waals surface area contributed by atoms with Gasteiger partial charge in [-0.1, -0.05) is 24.3 Å². The minimum absolute atomic E-state index is 0.0190. The zero-order valence-corrected chi connectivity index (χ0v) is 33.1. The molecule has 0 radical (unpaired) electrons. The van der Waals surface area contributed by atoms with Crippen molar-refractivity contribution in [3.8, 4) is 16.9 Å². The van der Waals surface area contributed by atoms with E-state index in [9.17, 15) is 53.9 Å². The number of amides is 2. The summed E-state index contributed by atoms with van der Waals surface area (Å²) in [5.74, 6) is -2.84. The molecule has 3 fully saturated rings. The van der Waals surface area contributed by atoms with E-state index in [0.717, 1.165) is 36.3 Å². The maximum absolute atomic E-state index is 13.9. The van der Waals surface area contributed by atoms with Crippen molar-refractivity contribution < 1.29 is 72.8 Å². The molecule has 4 aromatic rings. The molecule has 3 heterocycles. The number of ether oxygens (including phenoxy) is 4. The molecule has 3 aliphatic rings. The summed E-state index contributed by atoms with van der Waals surface area (Å²) in [7, 11) is 2.46. The number of esters is 1. The Labute approximate surface area is 348 Å². The quantitative estimate of drug-likeness (QED) is 0.0759. The Morgan fingerprint density at radius 1 is 0.806 bits per heavy atom. The van der Waals surface area contributed by atoms with Crippen LogP contribution in [0.5, 0.6) is 5.75 Å². The molecule has 2 saturated heterocycles. The molecule has 332 valence electrons. The molecule has 1 saturated carbocycles. The second-order valence-electron chi connectivity index (χ2n) is 15.8. The first-order chi connectivity index (χ1) is 29.2. The van der Waals surface area contributed by atoms with E-state index in [1.807, 2.05) is 0 Å². The van der Waals surface area contributed by atoms with Gasteiger partial charge in [0.1, 0.15) is 16.7 Å². The van der Waals surface area contributed by atoms with Crippen molar-refractivity contribution in [1.29, 1.82) is 0 Å². The van der Waals surface area contributed by atoms with Gasteiger partial charge in [0.05, 0.1) is 49.8 Å². The predicted molar refractivity (Wildman–Crippen MR) is 199 cm³/mol. The lowest BCUT2D eigenvalue weighted by Gasteiger charge is -2.51. The topological polar surface area (TPSA) is 112 Å². The molecule has 7 rings (SSSR count). The number of aromatic nitrogens is 2. The summed E-state index contributed by atoms with van der Waals surface area (Å²) in [5, 5.41) is 4.20. The summed E-state index contributed by atoms with van der Waals surface area (Å²) in [4.78, 5) is 42.8. The van der Waals surface area contributed by atoms with Crippen molar-refractivity contribution in [2.75, 3.05) is 53.8 Å². The molecule has 1 spiro atoms. The van der Waals surface area contributed by atoms with Crippen molar-refractivity contribution >= 4 is 17.8 Å². The van der Waals surface area contributed by atoms with Gasteiger partial charge < -0.3 is 28.7 Å². The van der Waals surface area contributed by atoms with Crippen LogP contribution in [0.25, 0.3) is 11.1 Å². The number of hydrogen-bond acceptors (Lipinski definition) is 8. The number of carbonyl (C=O) groups is 3. The molecule has 62 heavy (non-hydrogen) atoms. The van der Waals surface area contributed by atoms with Crippen molar-refractivity contribution in [3.05, 3.63) is 106 Å². The Morgan fingerprint density at radius 3 is 1.98 bits per heavy atom. The van der Waals surface area contributed by atoms with Crippen molar-refractivity contribution in [3.63, 3.8) is 0 Å². The Balaban J connectivity index is 1.11. The van der Waals surface area contributed by atoms with Crippen LogP contribution in [-0.4, -0.2) is 97.3 Å². The first kappa shape index (κ1) is 44.4. The van der Waals surface area contributed by atoms with Crippen molar-refractivity contribution in [2.24, 2.45) is 16.7 Å². The van der Waals surface area contributed by atoms with E-state index in [1.54, 1.807) is 0 Å². The van der Waals surface area contributed by atoms with E-state index in [1.165, 1.54) is 65.5 Å². The number of halogens is 9. The first-order valence-electron chi connectivity index (χ1n) is 19.1. The zero-order chi connectivity index (χ0) is 44.8. The van der Waals surface area contributed by atoms with E-state index in [0.29, 0.717) is 11.1 Å². The van der Waals surface area contributed by atoms with Crippen LogP contribution < -0.4 is 4.74 Å². The van der Waals surface area contributed by atoms with Crippen LogP contribution in [-0.2, 0) is 44.5 Å². The number of benzene rings is 3. The van der Waals surface area contributed by atoms with Crippen molar-refractivity contribution in [1.82, 2.24) is 19.6 Å². The summed E-state index contributed by atoms with van der Waals surface area (Å²) >= 11 is 0. The summed E-state index contributed by atoms with van der Waals surface area (Å²) in [6.45, 7) is -0.465. The van der Waals surface area contributed by atoms with Gasteiger partial charge in [0.15, 0.2) is 6.79 Å². The highest BCUT2D eigenvalue weighted by atomic mass is 19.4. The van der Waals surface area contributed by atoms with E-state index in [4.69, 9.17) is 18.9 Å². The number of likely N-dealkylation sites (tertiary alicyclic amines) is 2. The van der Waals surface area contributed by atoms with Crippen LogP contribution >= 0.6 is 0 Å². The number of carbonyl (C=O) groups excluding carboxylic acids is 3. The summed E-state index contributed by atoms with van der Waals surface area (Å²) in [5.41, 5.74) is -3.66. The third-order valence-corrected chi connectivity index (χ3v) is 11.6. The molecule has 11 nitrogen and oxygen atoms in total. The van der Waals surface area contributed by atoms with E-state index in [-0.39, 0.29) is 93.6 Å². The van der Waals surface area contributed by atoms with Crippen LogP contribution in [0, 0.1) is 16.7 Å². The fraction of sp³-hybridized carbons (Fsp3) is 0.429. The molecule has 0 N–H and O–H groups in total. The number of alkyl halides is 9. The molecule has 2 amide bonds. The fourth-order valence-corrected chi connectivity index (χ4v) is 8.10. The second kappa shape index (κ2) is 16.6. The SMILES string of the molecule is COCOc1cc(COCC2CN(C(=O)c3cnn(Cc4ccc(C(F)(F)F)cc4)c3)CC23CN(C(=O)C2(C(F)(F)F)CC2)C3)cc(-c2ccc(C(F)(F)F)cc2)c1C(=O)OC. The number of nitrogens with zero attached hydrogens (tertiary/aromatic N) is 4. The van der Waals surface area contributed by atoms with Gasteiger partial charge in [-0.3, -0.25) is 14.3 Å². The van der Waals surface area contributed by atoms with Gasteiger partial charge in [0.2, 0.25) is 5.91 Å². The molecule has 20 heteroatoms. The Bertz CT molecular complexity index is 2300. The average Bonchev–Trinajstić information content (AvgIpc) is 3.78. The van der Waals surface area contributed by atoms with E-state index in [2.05, 4.69) is 5.10 Å². The summed E-state index contributed by atoms with van der Waals surface area (Å²) in [6.07, 6.45) is -11.7. The van der Waals surface area contributed by atoms with Crippen LogP contribution in [0.3, 0.4) is 0 Å². The monoisotopic (exact) mass is 882 g/mol. The number of hydrogen-bond donors (Lipinski definition) is 0. The van der Waals surface area contributed by atoms with Gasteiger partial charge in [-0.05, 0) is 65.9 Å². The maximum atomic E-state index is 13.9. The van der Waals surface area contributed by atoms with Gasteiger partial charge in [-0.2, -0.15) is 44.6 Å². The second-order valence-corrected chi connectivity index (χ2v) is 15.8. The van der Waals surface area contributed by atoms with Crippen LogP contribution in [0.15, 0.2) is 73.1 Å². The van der Waals surface area contributed by atoms with Gasteiger partial charge in [0.25, 0.3) is 5.91 Å². The molecular formula is C42H39F9N4O7. The summed E-state index contributed by atoms with van der Waals surface area (Å²) in [6, 6.07) is 11.6. The minimum Gasteiger partial charge on any atom is -0.467 e. The fourth-order valence-electron chi connectivity index (χ4n) is 8.10. The molecule has 1 atom stereocenters. The lowest BCUT2D eigenvalue weighted by molar-refractivity contribution is -0.205. The van der Waals surface area contributed by atoms with Crippen LogP contribution in [0.1, 0.15) is 55.8 Å². The Kier molecular flexibility index (Phi) is 11.9. The molecular weight excluding hydrogens is 843 g/mol. The molecule has 1 aliphatic carbocycles. The van der Waals surface area contributed by atoms with Gasteiger partial charge in [-0.15, -0.1) is 0 Å². The highest BCUT2D eigenvalue weighted by molar-refractivity contribution is 6.00. The smallest absolute Gasteiger partial charge is 0.416 e. The zero-order valence-electron chi connectivity index (χ0n) is 33.1. The third kappa shape index (κ3) is 8.84. The molecule has 1 unspecified atom stereocenters. The Morgan fingerprint density at radius 2 is 1.42 bits per heavy atom. The van der Waals surface area contributed by atoms with E-state index >= 15 is 0 Å². The highest BCUT2D eigenvalue weighted by Gasteiger charge is 2.71. The van der Waals surface area contributed by atoms with Crippen molar-refractivity contribution in [2.45, 2.75) is 44.5 Å². The normalized spacial score (nSPS) is 18.1. The third-order valence-electron chi connectivity index (χ3n) is 11.6. The van der Waals surface area contributed by atoms with E-state index < -0.39 is 64.2 Å². The molecule has 0 bridgehead atoms. The first-order valence-corrected chi connectivity index (χ1v) is 19.1. The molecule has 3 aromatic carbocycles. The standard InChI is InChI=1S/C42H39F9N4O7/c1-59-24-62-33-14-26(13-32(34(33)36(57)60-2)27-5-9-30(10-6-27)41(46,47)48)19-61-20-31-18-53(21-38(31)22-54(23-38)37(58)39(11-12-39)42(49,50)51)35(56)28-15-52-55(17-28)16-25-3-7-29(8-4-25)40(43,44)45/h3-10,13-15,17,31H,11-12,16,18-24H2,1-2H3. The lowest BCUT2D eigenvalue weighted by Crippen LogP contribution is -2.65. The highest BCUT2D eigenvalue weighted by Crippen LogP contribution is 2.60. The molecule has 2 aliphatic heterocycles. The largest absolute Gasteiger partial charge is 0.467 e. The average molecular weight is 883 g/mol. The van der Waals surface area contributed by atoms with Gasteiger partial charge in [-0.25, -0.2) is 4.79 Å². The number of methoxy groups -OCH3 is 2. The van der Waals surface area contributed by atoms with Crippen LogP contribution in [0.4, 0.5) is 39.5 Å². The lowest BCUT2D eigenvalue weighted by atomic mass is 9.71. The van der Waals surface area contributed by atoms with Gasteiger partial charge in [0, 0.05) is 56.4 Å².